The van der Waals surface area contributed by atoms with E-state index < -0.39 is 5.97 Å². The van der Waals surface area contributed by atoms with Gasteiger partial charge in [-0.15, -0.1) is 0 Å². The molecule has 1 aromatic carbocycles. The lowest BCUT2D eigenvalue weighted by Gasteiger charge is -2.21. The number of carbonyl (C=O) groups is 1. The van der Waals surface area contributed by atoms with Gasteiger partial charge in [-0.25, -0.2) is 0 Å². The first-order chi connectivity index (χ1) is 7.66. The van der Waals surface area contributed by atoms with Crippen molar-refractivity contribution in [3.63, 3.8) is 0 Å². The first-order valence-electron chi connectivity index (χ1n) is 5.52. The second kappa shape index (κ2) is 4.43. The molecular weight excluding hydrogens is 204 g/mol. The zero-order valence-electron chi connectivity index (χ0n) is 9.15. The summed E-state index contributed by atoms with van der Waals surface area (Å²) in [7, 11) is 0. The fourth-order valence-corrected chi connectivity index (χ4v) is 2.18. The minimum absolute atomic E-state index is 0.0386. The Morgan fingerprint density at radius 2 is 2.06 bits per heavy atom. The van der Waals surface area contributed by atoms with Crippen LogP contribution in [0.3, 0.4) is 0 Å². The lowest BCUT2D eigenvalue weighted by Crippen LogP contribution is -2.20. The molecule has 3 N–H and O–H groups in total. The van der Waals surface area contributed by atoms with Gasteiger partial charge in [-0.3, -0.25) is 4.79 Å². The molecule has 0 unspecified atom stereocenters. The average Bonchev–Trinajstić information content (AvgIpc) is 2.69. The van der Waals surface area contributed by atoms with Gasteiger partial charge in [-0.1, -0.05) is 0 Å². The van der Waals surface area contributed by atoms with Gasteiger partial charge in [0, 0.05) is 24.5 Å². The van der Waals surface area contributed by atoms with Crippen LogP contribution in [0.15, 0.2) is 18.2 Å². The zero-order valence-corrected chi connectivity index (χ0v) is 9.15. The highest BCUT2D eigenvalue weighted by Gasteiger charge is 2.16. The lowest BCUT2D eigenvalue weighted by molar-refractivity contribution is -0.136. The minimum atomic E-state index is -0.814. The maximum absolute atomic E-state index is 10.8. The molecule has 4 nitrogen and oxygen atoms in total. The van der Waals surface area contributed by atoms with Gasteiger partial charge < -0.3 is 15.7 Å². The van der Waals surface area contributed by atoms with E-state index in [1.54, 1.807) is 6.07 Å². The minimum Gasteiger partial charge on any atom is -0.481 e. The number of nitrogen functional groups attached to an aromatic ring is 1. The predicted octanol–water partition coefficient (Wildman–Crippen LogP) is 1.50. The predicted molar refractivity (Wildman–Crippen MR) is 63.6 cm³/mol. The fourth-order valence-electron chi connectivity index (χ4n) is 2.18. The van der Waals surface area contributed by atoms with Crippen molar-refractivity contribution in [2.75, 3.05) is 23.7 Å². The van der Waals surface area contributed by atoms with E-state index in [-0.39, 0.29) is 6.42 Å². The summed E-state index contributed by atoms with van der Waals surface area (Å²) in [6.07, 6.45) is 2.39. The van der Waals surface area contributed by atoms with Gasteiger partial charge >= 0.3 is 5.97 Å². The van der Waals surface area contributed by atoms with Crippen molar-refractivity contribution in [1.29, 1.82) is 0 Å². The molecule has 0 spiro atoms. The van der Waals surface area contributed by atoms with Crippen LogP contribution in [0.4, 0.5) is 11.4 Å². The van der Waals surface area contributed by atoms with Crippen LogP contribution in [0.25, 0.3) is 0 Å². The van der Waals surface area contributed by atoms with Crippen LogP contribution in [0.2, 0.25) is 0 Å². The molecular formula is C12H16N2O2. The molecule has 1 aliphatic rings. The Hall–Kier alpha value is -1.71. The summed E-state index contributed by atoms with van der Waals surface area (Å²) in [5, 5.41) is 8.87. The number of anilines is 2. The van der Waals surface area contributed by atoms with E-state index >= 15 is 0 Å². The topological polar surface area (TPSA) is 66.6 Å². The van der Waals surface area contributed by atoms with E-state index in [0.29, 0.717) is 5.69 Å². The lowest BCUT2D eigenvalue weighted by atomic mass is 10.1. The van der Waals surface area contributed by atoms with Crippen LogP contribution in [0.5, 0.6) is 0 Å². The molecule has 0 saturated carbocycles. The summed E-state index contributed by atoms with van der Waals surface area (Å²) in [5.41, 5.74) is 8.15. The van der Waals surface area contributed by atoms with Crippen molar-refractivity contribution in [2.45, 2.75) is 19.3 Å². The summed E-state index contributed by atoms with van der Waals surface area (Å²) in [4.78, 5) is 13.0. The summed E-state index contributed by atoms with van der Waals surface area (Å²) in [6.45, 7) is 2.02. The number of carboxylic acid groups (broad SMARTS) is 1. The highest BCUT2D eigenvalue weighted by Crippen LogP contribution is 2.26. The maximum atomic E-state index is 10.8. The Bertz CT molecular complexity index is 398. The number of hydrogen-bond donors (Lipinski definition) is 2. The molecule has 0 radical (unpaired) electrons. The zero-order chi connectivity index (χ0) is 11.5. The first kappa shape index (κ1) is 10.8. The normalized spacial score (nSPS) is 15.4. The number of nitrogens with zero attached hydrogens (tertiary/aromatic N) is 1. The van der Waals surface area contributed by atoms with Crippen molar-refractivity contribution in [3.8, 4) is 0 Å². The maximum Gasteiger partial charge on any atom is 0.307 e. The summed E-state index contributed by atoms with van der Waals surface area (Å²) in [5.74, 6) is -0.814. The van der Waals surface area contributed by atoms with Crippen LogP contribution < -0.4 is 10.6 Å². The molecule has 0 aliphatic carbocycles. The van der Waals surface area contributed by atoms with Crippen molar-refractivity contribution in [2.24, 2.45) is 0 Å². The summed E-state index contributed by atoms with van der Waals surface area (Å²) in [6, 6.07) is 5.53. The van der Waals surface area contributed by atoms with Gasteiger partial charge in [-0.2, -0.15) is 0 Å². The molecule has 0 bridgehead atoms. The van der Waals surface area contributed by atoms with Crippen molar-refractivity contribution >= 4 is 17.3 Å². The van der Waals surface area contributed by atoms with Crippen LogP contribution in [-0.2, 0) is 11.2 Å². The number of hydrogen-bond acceptors (Lipinski definition) is 3. The van der Waals surface area contributed by atoms with E-state index in [1.807, 2.05) is 12.1 Å². The molecule has 0 aromatic heterocycles. The third kappa shape index (κ3) is 2.27. The van der Waals surface area contributed by atoms with E-state index in [1.165, 1.54) is 12.8 Å². The Balaban J connectivity index is 2.30. The van der Waals surface area contributed by atoms with Crippen LogP contribution in [0, 0.1) is 0 Å². The van der Waals surface area contributed by atoms with E-state index in [4.69, 9.17) is 10.8 Å². The smallest absolute Gasteiger partial charge is 0.307 e. The van der Waals surface area contributed by atoms with Gasteiger partial charge in [0.25, 0.3) is 0 Å². The largest absolute Gasteiger partial charge is 0.481 e. The third-order valence-electron chi connectivity index (χ3n) is 2.89. The number of nitrogens with two attached hydrogens (primary N) is 1. The monoisotopic (exact) mass is 220 g/mol. The first-order valence-corrected chi connectivity index (χ1v) is 5.52. The SMILES string of the molecule is Nc1ccc(N2CCCC2)c(CC(=O)O)c1. The van der Waals surface area contributed by atoms with Crippen molar-refractivity contribution in [3.05, 3.63) is 23.8 Å². The van der Waals surface area contributed by atoms with Gasteiger partial charge in [-0.05, 0) is 36.6 Å². The number of rotatable bonds is 3. The Kier molecular flexibility index (Phi) is 2.99. The molecule has 4 heteroatoms. The van der Waals surface area contributed by atoms with E-state index in [9.17, 15) is 4.79 Å². The summed E-state index contributed by atoms with van der Waals surface area (Å²) < 4.78 is 0. The Morgan fingerprint density at radius 3 is 2.69 bits per heavy atom. The van der Waals surface area contributed by atoms with Gasteiger partial charge in [0.2, 0.25) is 0 Å². The van der Waals surface area contributed by atoms with Gasteiger partial charge in [0.05, 0.1) is 6.42 Å². The quantitative estimate of drug-likeness (QED) is 0.757. The van der Waals surface area contributed by atoms with E-state index in [0.717, 1.165) is 24.3 Å². The molecule has 16 heavy (non-hydrogen) atoms. The molecule has 0 atom stereocenters. The van der Waals surface area contributed by atoms with Gasteiger partial charge in [0.1, 0.15) is 0 Å². The Morgan fingerprint density at radius 1 is 1.38 bits per heavy atom. The second-order valence-corrected chi connectivity index (χ2v) is 4.15. The standard InChI is InChI=1S/C12H16N2O2/c13-10-3-4-11(14-5-1-2-6-14)9(7-10)8-12(15)16/h3-4,7H,1-2,5-6,8,13H2,(H,15,16). The van der Waals surface area contributed by atoms with Crippen molar-refractivity contribution in [1.82, 2.24) is 0 Å². The third-order valence-corrected chi connectivity index (χ3v) is 2.89. The Labute approximate surface area is 94.7 Å². The van der Waals surface area contributed by atoms with Crippen LogP contribution in [0.1, 0.15) is 18.4 Å². The molecule has 86 valence electrons. The molecule has 1 saturated heterocycles. The highest BCUT2D eigenvalue weighted by molar-refractivity contribution is 5.75. The van der Waals surface area contributed by atoms with E-state index in [2.05, 4.69) is 4.90 Å². The second-order valence-electron chi connectivity index (χ2n) is 4.15. The molecule has 1 fully saturated rings. The van der Waals surface area contributed by atoms with Crippen molar-refractivity contribution < 1.29 is 9.90 Å². The number of carboxylic acids is 1. The molecule has 2 rings (SSSR count). The molecule has 1 aliphatic heterocycles. The molecule has 1 aromatic rings. The molecule has 1 heterocycles. The highest BCUT2D eigenvalue weighted by atomic mass is 16.4. The number of aliphatic carboxylic acids is 1. The fraction of sp³-hybridized carbons (Fsp3) is 0.417. The number of benzene rings is 1. The van der Waals surface area contributed by atoms with Crippen LogP contribution >= 0.6 is 0 Å². The average molecular weight is 220 g/mol. The van der Waals surface area contributed by atoms with Gasteiger partial charge in [0.15, 0.2) is 0 Å². The summed E-state index contributed by atoms with van der Waals surface area (Å²) >= 11 is 0. The molecule has 0 amide bonds. The van der Waals surface area contributed by atoms with Crippen LogP contribution in [-0.4, -0.2) is 24.2 Å².